The molecule has 16 heavy (non-hydrogen) atoms. The highest BCUT2D eigenvalue weighted by Gasteiger charge is 2.37. The summed E-state index contributed by atoms with van der Waals surface area (Å²) < 4.78 is 42.0. The molecule has 0 unspecified atom stereocenters. The molecule has 0 amide bonds. The standard InChI is InChI=1S/C8H5ClF3NO3/c1-16-7-5(8(10,11)12)2-4(13(14)15)3-6(7)9/h2-3H,1H3. The molecule has 0 aliphatic carbocycles. The molecule has 88 valence electrons. The van der Waals surface area contributed by atoms with E-state index < -0.39 is 33.1 Å². The smallest absolute Gasteiger partial charge is 0.420 e. The van der Waals surface area contributed by atoms with Crippen LogP contribution >= 0.6 is 11.6 Å². The number of ether oxygens (including phenoxy) is 1. The van der Waals surface area contributed by atoms with Crippen LogP contribution in [0.3, 0.4) is 0 Å². The Hall–Kier alpha value is -1.50. The highest BCUT2D eigenvalue weighted by Crippen LogP contribution is 2.42. The van der Waals surface area contributed by atoms with E-state index in [-0.39, 0.29) is 0 Å². The summed E-state index contributed by atoms with van der Waals surface area (Å²) in [5, 5.41) is 9.92. The van der Waals surface area contributed by atoms with Gasteiger partial charge in [0, 0.05) is 12.1 Å². The molecule has 4 nitrogen and oxygen atoms in total. The molecule has 0 aliphatic heterocycles. The predicted molar refractivity (Wildman–Crippen MR) is 49.7 cm³/mol. The maximum atomic E-state index is 12.5. The van der Waals surface area contributed by atoms with Crippen molar-refractivity contribution < 1.29 is 22.8 Å². The Morgan fingerprint density at radius 1 is 1.44 bits per heavy atom. The number of hydrogen-bond donors (Lipinski definition) is 0. The molecule has 0 radical (unpaired) electrons. The van der Waals surface area contributed by atoms with Crippen molar-refractivity contribution in [2.45, 2.75) is 6.18 Å². The number of nitrogens with zero attached hydrogens (tertiary/aromatic N) is 1. The molecule has 1 rings (SSSR count). The van der Waals surface area contributed by atoms with Crippen LogP contribution in [0.2, 0.25) is 5.02 Å². The maximum absolute atomic E-state index is 12.5. The van der Waals surface area contributed by atoms with Crippen LogP contribution < -0.4 is 4.74 Å². The van der Waals surface area contributed by atoms with Gasteiger partial charge in [0.1, 0.15) is 11.3 Å². The van der Waals surface area contributed by atoms with Gasteiger partial charge in [-0.3, -0.25) is 10.1 Å². The second kappa shape index (κ2) is 4.17. The molecule has 0 aliphatic rings. The summed E-state index contributed by atoms with van der Waals surface area (Å²) >= 11 is 5.46. The molecule has 0 aromatic heterocycles. The van der Waals surface area contributed by atoms with Crippen LogP contribution in [-0.2, 0) is 6.18 Å². The molecule has 0 heterocycles. The summed E-state index contributed by atoms with van der Waals surface area (Å²) in [7, 11) is 1.00. The van der Waals surface area contributed by atoms with Gasteiger partial charge in [0.15, 0.2) is 0 Å². The van der Waals surface area contributed by atoms with E-state index in [1.165, 1.54) is 0 Å². The van der Waals surface area contributed by atoms with Crippen LogP contribution in [0.4, 0.5) is 18.9 Å². The molecule has 0 N–H and O–H groups in total. The van der Waals surface area contributed by atoms with Crippen molar-refractivity contribution in [3.63, 3.8) is 0 Å². The number of methoxy groups -OCH3 is 1. The fraction of sp³-hybridized carbons (Fsp3) is 0.250. The number of non-ortho nitro benzene ring substituents is 1. The van der Waals surface area contributed by atoms with Crippen molar-refractivity contribution in [1.82, 2.24) is 0 Å². The normalized spacial score (nSPS) is 11.3. The molecule has 8 heteroatoms. The molecule has 1 aromatic rings. The fourth-order valence-electron chi connectivity index (χ4n) is 1.10. The van der Waals surface area contributed by atoms with Crippen molar-refractivity contribution in [3.05, 3.63) is 32.8 Å². The first-order valence-corrected chi connectivity index (χ1v) is 4.24. The minimum Gasteiger partial charge on any atom is -0.495 e. The summed E-state index contributed by atoms with van der Waals surface area (Å²) in [4.78, 5) is 9.41. The molecule has 0 bridgehead atoms. The number of nitro benzene ring substituents is 1. The van der Waals surface area contributed by atoms with Crippen LogP contribution in [0, 0.1) is 10.1 Å². The monoisotopic (exact) mass is 255 g/mol. The first-order valence-electron chi connectivity index (χ1n) is 3.86. The number of nitro groups is 1. The highest BCUT2D eigenvalue weighted by molar-refractivity contribution is 6.32. The second-order valence-corrected chi connectivity index (χ2v) is 3.17. The van der Waals surface area contributed by atoms with Gasteiger partial charge in [-0.2, -0.15) is 13.2 Å². The first-order chi connectivity index (χ1) is 7.27. The average Bonchev–Trinajstić information content (AvgIpc) is 2.14. The van der Waals surface area contributed by atoms with E-state index in [0.717, 1.165) is 13.2 Å². The summed E-state index contributed by atoms with van der Waals surface area (Å²) in [6, 6.07) is 1.18. The van der Waals surface area contributed by atoms with Crippen molar-refractivity contribution in [1.29, 1.82) is 0 Å². The van der Waals surface area contributed by atoms with Gasteiger partial charge in [0.25, 0.3) is 5.69 Å². The zero-order valence-corrected chi connectivity index (χ0v) is 8.59. The number of halogens is 4. The summed E-state index contributed by atoms with van der Waals surface area (Å²) in [6.07, 6.45) is -4.76. The number of rotatable bonds is 2. The van der Waals surface area contributed by atoms with Crippen LogP contribution in [0.1, 0.15) is 5.56 Å². The molecular formula is C8H5ClF3NO3. The zero-order chi connectivity index (χ0) is 12.5. The third-order valence-electron chi connectivity index (χ3n) is 1.75. The lowest BCUT2D eigenvalue weighted by molar-refractivity contribution is -0.385. The van der Waals surface area contributed by atoms with E-state index in [9.17, 15) is 23.3 Å². The fourth-order valence-corrected chi connectivity index (χ4v) is 1.39. The lowest BCUT2D eigenvalue weighted by Crippen LogP contribution is -2.08. The lowest BCUT2D eigenvalue weighted by Gasteiger charge is -2.12. The van der Waals surface area contributed by atoms with Crippen molar-refractivity contribution in [3.8, 4) is 5.75 Å². The minimum atomic E-state index is -4.76. The van der Waals surface area contributed by atoms with Gasteiger partial charge in [0.05, 0.1) is 17.1 Å². The molecular weight excluding hydrogens is 251 g/mol. The summed E-state index contributed by atoms with van der Waals surface area (Å²) in [5.41, 5.74) is -2.01. The first kappa shape index (κ1) is 12.6. The van der Waals surface area contributed by atoms with E-state index in [1.807, 2.05) is 0 Å². The second-order valence-electron chi connectivity index (χ2n) is 2.76. The minimum absolute atomic E-state index is 0.380. The van der Waals surface area contributed by atoms with E-state index >= 15 is 0 Å². The molecule has 0 fully saturated rings. The third kappa shape index (κ3) is 2.35. The Bertz CT molecular complexity index is 433. The van der Waals surface area contributed by atoms with Crippen LogP contribution in [0.15, 0.2) is 12.1 Å². The zero-order valence-electron chi connectivity index (χ0n) is 7.84. The average molecular weight is 256 g/mol. The SMILES string of the molecule is COc1c(Cl)cc([N+](=O)[O-])cc1C(F)(F)F. The van der Waals surface area contributed by atoms with Gasteiger partial charge in [-0.25, -0.2) is 0 Å². The molecule has 0 saturated heterocycles. The van der Waals surface area contributed by atoms with Gasteiger partial charge in [-0.15, -0.1) is 0 Å². The quantitative estimate of drug-likeness (QED) is 0.602. The summed E-state index contributed by atoms with van der Waals surface area (Å²) in [5.74, 6) is -0.625. The lowest BCUT2D eigenvalue weighted by atomic mass is 10.1. The van der Waals surface area contributed by atoms with Crippen molar-refractivity contribution in [2.24, 2.45) is 0 Å². The summed E-state index contributed by atoms with van der Waals surface area (Å²) in [6.45, 7) is 0. The Balaban J connectivity index is 3.49. The van der Waals surface area contributed by atoms with E-state index in [4.69, 9.17) is 11.6 Å². The van der Waals surface area contributed by atoms with Crippen molar-refractivity contribution in [2.75, 3.05) is 7.11 Å². The highest BCUT2D eigenvalue weighted by atomic mass is 35.5. The van der Waals surface area contributed by atoms with Crippen LogP contribution in [0.25, 0.3) is 0 Å². The Morgan fingerprint density at radius 2 is 2.00 bits per heavy atom. The molecule has 0 saturated carbocycles. The van der Waals surface area contributed by atoms with Gasteiger partial charge >= 0.3 is 6.18 Å². The topological polar surface area (TPSA) is 52.4 Å². The number of hydrogen-bond acceptors (Lipinski definition) is 3. The molecule has 0 atom stereocenters. The van der Waals surface area contributed by atoms with Gasteiger partial charge in [0.2, 0.25) is 0 Å². The van der Waals surface area contributed by atoms with E-state index in [2.05, 4.69) is 4.74 Å². The number of benzene rings is 1. The third-order valence-corrected chi connectivity index (χ3v) is 2.03. The van der Waals surface area contributed by atoms with Crippen LogP contribution in [-0.4, -0.2) is 12.0 Å². The van der Waals surface area contributed by atoms with Crippen LogP contribution in [0.5, 0.6) is 5.75 Å². The van der Waals surface area contributed by atoms with Gasteiger partial charge in [-0.1, -0.05) is 11.6 Å². The van der Waals surface area contributed by atoms with E-state index in [0.29, 0.717) is 6.07 Å². The Kier molecular flexibility index (Phi) is 3.27. The predicted octanol–water partition coefficient (Wildman–Crippen LogP) is 3.28. The Labute approximate surface area is 92.7 Å². The number of alkyl halides is 3. The molecule has 0 spiro atoms. The van der Waals surface area contributed by atoms with Gasteiger partial charge < -0.3 is 4.74 Å². The van der Waals surface area contributed by atoms with E-state index in [1.54, 1.807) is 0 Å². The largest absolute Gasteiger partial charge is 0.495 e. The Morgan fingerprint density at radius 3 is 2.38 bits per heavy atom. The molecule has 1 aromatic carbocycles. The maximum Gasteiger partial charge on any atom is 0.420 e. The van der Waals surface area contributed by atoms with Crippen molar-refractivity contribution >= 4 is 17.3 Å². The van der Waals surface area contributed by atoms with Gasteiger partial charge in [-0.05, 0) is 0 Å².